The number of fused-ring (bicyclic) bond motifs is 3. The summed E-state index contributed by atoms with van der Waals surface area (Å²) < 4.78 is 5.49. The Hall–Kier alpha value is -3.48. The fraction of sp³-hybridized carbons (Fsp3) is 0.333. The van der Waals surface area contributed by atoms with E-state index in [4.69, 9.17) is 9.84 Å². The number of rotatable bonds is 5. The van der Waals surface area contributed by atoms with E-state index < -0.39 is 5.41 Å². The minimum absolute atomic E-state index is 0.137. The van der Waals surface area contributed by atoms with Gasteiger partial charge in [-0.25, -0.2) is 0 Å². The van der Waals surface area contributed by atoms with Crippen LogP contribution in [0.5, 0.6) is 0 Å². The molecule has 36 heavy (non-hydrogen) atoms. The van der Waals surface area contributed by atoms with Crippen LogP contribution < -0.4 is 5.32 Å². The van der Waals surface area contributed by atoms with E-state index in [2.05, 4.69) is 82.9 Å². The number of H-pyrrole nitrogens is 1. The maximum absolute atomic E-state index is 13.1. The van der Waals surface area contributed by atoms with Crippen molar-refractivity contribution in [3.63, 3.8) is 0 Å². The molecule has 3 aliphatic rings. The highest BCUT2D eigenvalue weighted by Gasteiger charge is 2.65. The second-order valence-electron chi connectivity index (χ2n) is 10.4. The fourth-order valence-corrected chi connectivity index (χ4v) is 6.17. The lowest BCUT2D eigenvalue weighted by atomic mass is 9.90. The van der Waals surface area contributed by atoms with Gasteiger partial charge in [0, 0.05) is 42.2 Å². The van der Waals surface area contributed by atoms with E-state index in [-0.39, 0.29) is 11.8 Å². The number of hydrogen-bond acceptors (Lipinski definition) is 4. The number of hydrogen-bond donors (Lipinski definition) is 2. The van der Waals surface area contributed by atoms with Crippen LogP contribution in [0.3, 0.4) is 0 Å². The van der Waals surface area contributed by atoms with Gasteiger partial charge in [-0.05, 0) is 53.3 Å². The minimum Gasteiger partial charge on any atom is -0.379 e. The fourth-order valence-electron chi connectivity index (χ4n) is 6.17. The average Bonchev–Trinajstić information content (AvgIpc) is 3.43. The number of nitrogens with one attached hydrogen (secondary N) is 2. The van der Waals surface area contributed by atoms with Crippen molar-refractivity contribution >= 4 is 22.5 Å². The first-order valence-electron chi connectivity index (χ1n) is 13.0. The van der Waals surface area contributed by atoms with Crippen LogP contribution in [-0.2, 0) is 27.9 Å². The molecule has 3 aromatic carbocycles. The van der Waals surface area contributed by atoms with Crippen LogP contribution >= 0.6 is 0 Å². The number of aryl methyl sites for hydroxylation is 1. The molecule has 0 bridgehead atoms. The van der Waals surface area contributed by atoms with Gasteiger partial charge in [0.15, 0.2) is 0 Å². The molecule has 2 aliphatic heterocycles. The zero-order valence-electron chi connectivity index (χ0n) is 20.5. The number of carbonyl (C=O) groups excluding carboxylic acids is 1. The number of anilines is 1. The predicted molar refractivity (Wildman–Crippen MR) is 141 cm³/mol. The zero-order valence-corrected chi connectivity index (χ0v) is 20.5. The Balaban J connectivity index is 1.18. The number of morpholine rings is 1. The van der Waals surface area contributed by atoms with Crippen LogP contribution in [0.15, 0.2) is 60.7 Å². The standard InChI is InChI=1S/C30H30N4O2/c1-2-19-6-9-26-24(15-19)30(29(35)31-26)17-25(30)21-7-8-23-27(16-21)32-33-28(23)22-5-3-4-20(14-22)18-34-10-12-36-13-11-34/h3-9,14-16,25H,2,10-13,17-18H2,1H3,(H,31,35)(H,32,33)/t25-,30?/m0/s1. The number of ether oxygens (including phenoxy) is 1. The molecule has 1 unspecified atom stereocenters. The summed E-state index contributed by atoms with van der Waals surface area (Å²) in [7, 11) is 0. The average molecular weight is 479 g/mol. The summed E-state index contributed by atoms with van der Waals surface area (Å²) in [6, 6.07) is 21.6. The van der Waals surface area contributed by atoms with Crippen LogP contribution in [0, 0.1) is 0 Å². The molecule has 182 valence electrons. The van der Waals surface area contributed by atoms with Gasteiger partial charge in [0.05, 0.1) is 29.8 Å². The second-order valence-corrected chi connectivity index (χ2v) is 10.4. The highest BCUT2D eigenvalue weighted by molar-refractivity contribution is 6.10. The minimum atomic E-state index is -0.426. The van der Waals surface area contributed by atoms with Gasteiger partial charge in [-0.2, -0.15) is 5.10 Å². The third-order valence-electron chi connectivity index (χ3n) is 8.29. The third-order valence-corrected chi connectivity index (χ3v) is 8.29. The Kier molecular flexibility index (Phi) is 5.01. The predicted octanol–water partition coefficient (Wildman–Crippen LogP) is 5.00. The van der Waals surface area contributed by atoms with Crippen LogP contribution in [-0.4, -0.2) is 47.3 Å². The quantitative estimate of drug-likeness (QED) is 0.423. The molecule has 2 atom stereocenters. The third kappa shape index (κ3) is 3.39. The zero-order chi connectivity index (χ0) is 24.3. The number of benzene rings is 3. The number of nitrogens with zero attached hydrogens (tertiary/aromatic N) is 2. The Labute approximate surface area is 210 Å². The van der Waals surface area contributed by atoms with E-state index in [9.17, 15) is 4.79 Å². The number of aromatic amines is 1. The molecule has 0 radical (unpaired) electrons. The normalized spacial score (nSPS) is 23.2. The largest absolute Gasteiger partial charge is 0.379 e. The van der Waals surface area contributed by atoms with Gasteiger partial charge in [0.25, 0.3) is 0 Å². The molecule has 1 spiro atoms. The van der Waals surface area contributed by atoms with Crippen LogP contribution in [0.4, 0.5) is 5.69 Å². The molecule has 6 heteroatoms. The molecule has 4 aromatic rings. The van der Waals surface area contributed by atoms with E-state index in [1.165, 1.54) is 22.3 Å². The van der Waals surface area contributed by atoms with E-state index >= 15 is 0 Å². The SMILES string of the molecule is CCc1ccc2c(c1)C1(C[C@H]1c1ccc3c(-c4cccc(CN5CCOCC5)c4)n[nH]c3c1)C(=O)N2. The summed E-state index contributed by atoms with van der Waals surface area (Å²) in [6.45, 7) is 6.65. The maximum atomic E-state index is 13.1. The molecule has 2 N–H and O–H groups in total. The molecule has 1 aromatic heterocycles. The van der Waals surface area contributed by atoms with Crippen molar-refractivity contribution in [2.75, 3.05) is 31.6 Å². The first-order valence-corrected chi connectivity index (χ1v) is 13.0. The summed E-state index contributed by atoms with van der Waals surface area (Å²) in [4.78, 5) is 15.5. The first-order chi connectivity index (χ1) is 17.7. The van der Waals surface area contributed by atoms with E-state index in [0.29, 0.717) is 0 Å². The molecule has 7 rings (SSSR count). The van der Waals surface area contributed by atoms with E-state index in [1.807, 2.05) is 0 Å². The summed E-state index contributed by atoms with van der Waals surface area (Å²) in [6.07, 6.45) is 1.83. The lowest BCUT2D eigenvalue weighted by Gasteiger charge is -2.26. The molecule has 1 aliphatic carbocycles. The molecule has 1 saturated heterocycles. The van der Waals surface area contributed by atoms with Gasteiger partial charge in [0.2, 0.25) is 5.91 Å². The molecule has 6 nitrogen and oxygen atoms in total. The van der Waals surface area contributed by atoms with Gasteiger partial charge in [-0.1, -0.05) is 49.4 Å². The van der Waals surface area contributed by atoms with Gasteiger partial charge in [0.1, 0.15) is 0 Å². The highest BCUT2D eigenvalue weighted by atomic mass is 16.5. The van der Waals surface area contributed by atoms with Crippen LogP contribution in [0.2, 0.25) is 0 Å². The molecular weight excluding hydrogens is 448 g/mol. The van der Waals surface area contributed by atoms with Crippen molar-refractivity contribution in [2.24, 2.45) is 0 Å². The number of amides is 1. The first kappa shape index (κ1) is 21.8. The Morgan fingerprint density at radius 2 is 1.94 bits per heavy atom. The van der Waals surface area contributed by atoms with Crippen molar-refractivity contribution in [1.29, 1.82) is 0 Å². The Morgan fingerprint density at radius 3 is 2.81 bits per heavy atom. The van der Waals surface area contributed by atoms with Gasteiger partial charge >= 0.3 is 0 Å². The maximum Gasteiger partial charge on any atom is 0.235 e. The van der Waals surface area contributed by atoms with Crippen LogP contribution in [0.1, 0.15) is 41.5 Å². The van der Waals surface area contributed by atoms with Crippen molar-refractivity contribution in [2.45, 2.75) is 37.6 Å². The lowest BCUT2D eigenvalue weighted by Crippen LogP contribution is -2.35. The highest BCUT2D eigenvalue weighted by Crippen LogP contribution is 2.65. The van der Waals surface area contributed by atoms with Crippen molar-refractivity contribution in [3.05, 3.63) is 82.9 Å². The number of aromatic nitrogens is 2. The van der Waals surface area contributed by atoms with E-state index in [1.54, 1.807) is 0 Å². The molecule has 1 amide bonds. The molecule has 2 fully saturated rings. The van der Waals surface area contributed by atoms with Gasteiger partial charge in [-0.15, -0.1) is 0 Å². The molecule has 3 heterocycles. The monoisotopic (exact) mass is 478 g/mol. The van der Waals surface area contributed by atoms with Crippen molar-refractivity contribution in [3.8, 4) is 11.3 Å². The Morgan fingerprint density at radius 1 is 1.06 bits per heavy atom. The molecular formula is C30H30N4O2. The number of carbonyl (C=O) groups is 1. The lowest BCUT2D eigenvalue weighted by molar-refractivity contribution is -0.118. The van der Waals surface area contributed by atoms with Gasteiger partial charge < -0.3 is 10.1 Å². The van der Waals surface area contributed by atoms with Crippen LogP contribution in [0.25, 0.3) is 22.2 Å². The summed E-state index contributed by atoms with van der Waals surface area (Å²) in [5.41, 5.74) is 8.60. The summed E-state index contributed by atoms with van der Waals surface area (Å²) >= 11 is 0. The summed E-state index contributed by atoms with van der Waals surface area (Å²) in [5.74, 6) is 0.331. The van der Waals surface area contributed by atoms with Crippen molar-refractivity contribution < 1.29 is 9.53 Å². The molecule has 1 saturated carbocycles. The smallest absolute Gasteiger partial charge is 0.235 e. The van der Waals surface area contributed by atoms with Gasteiger partial charge in [-0.3, -0.25) is 14.8 Å². The Bertz CT molecular complexity index is 1490. The topological polar surface area (TPSA) is 70.2 Å². The summed E-state index contributed by atoms with van der Waals surface area (Å²) in [5, 5.41) is 12.2. The van der Waals surface area contributed by atoms with E-state index in [0.717, 1.165) is 73.5 Å². The van der Waals surface area contributed by atoms with Crippen molar-refractivity contribution in [1.82, 2.24) is 15.1 Å². The second kappa shape index (κ2) is 8.29.